The predicted octanol–water partition coefficient (Wildman–Crippen LogP) is 2.04. The molecular weight excluding hydrogens is 424 g/mol. The number of carbonyl (C=O) groups excluding carboxylic acids is 4. The Bertz CT molecular complexity index is 867. The number of nitrogens with one attached hydrogen (secondary N) is 1. The summed E-state index contributed by atoms with van der Waals surface area (Å²) in [6, 6.07) is 9.33. The van der Waals surface area contributed by atoms with Gasteiger partial charge in [-0.2, -0.15) is 0 Å². The lowest BCUT2D eigenvalue weighted by molar-refractivity contribution is -0.160. The molecule has 1 N–H and O–H groups in total. The van der Waals surface area contributed by atoms with Gasteiger partial charge in [-0.1, -0.05) is 30.3 Å². The quantitative estimate of drug-likeness (QED) is 0.565. The second-order valence-electron chi connectivity index (χ2n) is 9.01. The lowest BCUT2D eigenvalue weighted by atomic mass is 9.79. The van der Waals surface area contributed by atoms with Crippen LogP contribution in [0.5, 0.6) is 0 Å². The number of amides is 1. The van der Waals surface area contributed by atoms with Gasteiger partial charge >= 0.3 is 11.9 Å². The van der Waals surface area contributed by atoms with Crippen molar-refractivity contribution in [2.45, 2.75) is 70.1 Å². The number of likely N-dealkylation sites (tertiary alicyclic amines) is 1. The van der Waals surface area contributed by atoms with Crippen LogP contribution in [0.3, 0.4) is 0 Å². The number of carbonyl (C=O) groups is 4. The summed E-state index contributed by atoms with van der Waals surface area (Å²) in [6.45, 7) is 4.13. The first-order valence-electron chi connectivity index (χ1n) is 11.7. The molecule has 2 saturated heterocycles. The number of ketones is 1. The molecule has 4 unspecified atom stereocenters. The van der Waals surface area contributed by atoms with Crippen LogP contribution in [0.4, 0.5) is 0 Å². The maximum absolute atomic E-state index is 14.0. The highest BCUT2D eigenvalue weighted by atomic mass is 16.6. The molecule has 1 aromatic rings. The van der Waals surface area contributed by atoms with Crippen molar-refractivity contribution in [3.8, 4) is 0 Å². The number of nitrogens with zero attached hydrogens (tertiary/aromatic N) is 1. The smallest absolute Gasteiger partial charge is 0.312 e. The van der Waals surface area contributed by atoms with Crippen LogP contribution in [-0.4, -0.2) is 66.4 Å². The van der Waals surface area contributed by atoms with Crippen LogP contribution in [0.25, 0.3) is 0 Å². The zero-order chi connectivity index (χ0) is 24.0. The Balaban J connectivity index is 1.93. The molecule has 180 valence electrons. The molecule has 2 aliphatic rings. The first-order chi connectivity index (χ1) is 15.8. The predicted molar refractivity (Wildman–Crippen MR) is 121 cm³/mol. The standard InChI is InChI=1S/C25H34N2O6/c1-17(33-18(2)28)20(24(31)32-3)15-22(29)25(16-19-9-5-4-6-10-19)12-8-14-27(25)23(30)21-11-7-13-26-21/h4-6,9-10,17,20-21,26H,7-8,11-16H2,1-3H3. The van der Waals surface area contributed by atoms with Gasteiger partial charge < -0.3 is 19.7 Å². The summed E-state index contributed by atoms with van der Waals surface area (Å²) in [4.78, 5) is 53.2. The fraction of sp³-hybridized carbons (Fsp3) is 0.600. The summed E-state index contributed by atoms with van der Waals surface area (Å²) in [5.41, 5.74) is -0.0992. The van der Waals surface area contributed by atoms with Gasteiger partial charge in [0.1, 0.15) is 17.6 Å². The Kier molecular flexibility index (Phi) is 8.24. The first kappa shape index (κ1) is 24.9. The third-order valence-corrected chi connectivity index (χ3v) is 6.80. The lowest BCUT2D eigenvalue weighted by Crippen LogP contribution is -2.58. The van der Waals surface area contributed by atoms with E-state index in [1.165, 1.54) is 14.0 Å². The Hall–Kier alpha value is -2.74. The number of methoxy groups -OCH3 is 1. The van der Waals surface area contributed by atoms with Crippen LogP contribution in [0.2, 0.25) is 0 Å². The molecule has 8 heteroatoms. The number of benzene rings is 1. The molecule has 0 spiro atoms. The monoisotopic (exact) mass is 458 g/mol. The van der Waals surface area contributed by atoms with E-state index in [0.29, 0.717) is 25.8 Å². The summed E-state index contributed by atoms with van der Waals surface area (Å²) < 4.78 is 10.1. The minimum Gasteiger partial charge on any atom is -0.469 e. The van der Waals surface area contributed by atoms with Gasteiger partial charge in [0.15, 0.2) is 5.78 Å². The molecular formula is C25H34N2O6. The Labute approximate surface area is 195 Å². The van der Waals surface area contributed by atoms with Crippen molar-refractivity contribution in [1.82, 2.24) is 10.2 Å². The molecule has 8 nitrogen and oxygen atoms in total. The molecule has 0 radical (unpaired) electrons. The number of hydrogen-bond acceptors (Lipinski definition) is 7. The van der Waals surface area contributed by atoms with Crippen molar-refractivity contribution < 1.29 is 28.7 Å². The van der Waals surface area contributed by atoms with Crippen LogP contribution in [-0.2, 0) is 35.1 Å². The number of rotatable bonds is 9. The third-order valence-electron chi connectivity index (χ3n) is 6.80. The van der Waals surface area contributed by atoms with Crippen LogP contribution >= 0.6 is 0 Å². The molecule has 2 fully saturated rings. The van der Waals surface area contributed by atoms with Gasteiger partial charge in [-0.3, -0.25) is 19.2 Å². The molecule has 3 rings (SSSR count). The van der Waals surface area contributed by atoms with E-state index < -0.39 is 29.5 Å². The van der Waals surface area contributed by atoms with Gasteiger partial charge in [0, 0.05) is 26.3 Å². The average Bonchev–Trinajstić information content (AvgIpc) is 3.47. The second-order valence-corrected chi connectivity index (χ2v) is 9.01. The molecule has 0 bridgehead atoms. The number of ether oxygens (including phenoxy) is 2. The van der Waals surface area contributed by atoms with Crippen molar-refractivity contribution in [2.75, 3.05) is 20.2 Å². The van der Waals surface area contributed by atoms with E-state index in [1.54, 1.807) is 11.8 Å². The normalized spacial score (nSPS) is 24.2. The molecule has 0 aromatic heterocycles. The van der Waals surface area contributed by atoms with E-state index in [9.17, 15) is 19.2 Å². The van der Waals surface area contributed by atoms with E-state index >= 15 is 0 Å². The highest BCUT2D eigenvalue weighted by Gasteiger charge is 2.51. The van der Waals surface area contributed by atoms with Gasteiger partial charge in [-0.15, -0.1) is 0 Å². The van der Waals surface area contributed by atoms with Crippen LogP contribution < -0.4 is 5.32 Å². The van der Waals surface area contributed by atoms with Crippen LogP contribution in [0, 0.1) is 5.92 Å². The van der Waals surface area contributed by atoms with E-state index in [4.69, 9.17) is 9.47 Å². The average molecular weight is 459 g/mol. The maximum Gasteiger partial charge on any atom is 0.312 e. The molecule has 2 aliphatic heterocycles. The van der Waals surface area contributed by atoms with Gasteiger partial charge in [0.05, 0.1) is 13.2 Å². The molecule has 0 aliphatic carbocycles. The largest absolute Gasteiger partial charge is 0.469 e. The van der Waals surface area contributed by atoms with Crippen LogP contribution in [0.15, 0.2) is 30.3 Å². The summed E-state index contributed by atoms with van der Waals surface area (Å²) in [5.74, 6) is -2.35. The zero-order valence-electron chi connectivity index (χ0n) is 19.7. The second kappa shape index (κ2) is 10.9. The molecule has 1 aromatic carbocycles. The maximum atomic E-state index is 14.0. The summed E-state index contributed by atoms with van der Waals surface area (Å²) in [6.07, 6.45) is 2.29. The minimum absolute atomic E-state index is 0.0584. The fourth-order valence-electron chi connectivity index (χ4n) is 5.11. The Morgan fingerprint density at radius 2 is 1.91 bits per heavy atom. The molecule has 33 heavy (non-hydrogen) atoms. The van der Waals surface area contributed by atoms with E-state index in [1.807, 2.05) is 30.3 Å². The van der Waals surface area contributed by atoms with Crippen molar-refractivity contribution in [3.63, 3.8) is 0 Å². The minimum atomic E-state index is -1.05. The van der Waals surface area contributed by atoms with Crippen molar-refractivity contribution in [2.24, 2.45) is 5.92 Å². The molecule has 1 amide bonds. The van der Waals surface area contributed by atoms with Gasteiger partial charge in [-0.05, 0) is 44.7 Å². The third kappa shape index (κ3) is 5.61. The number of Topliss-reactive ketones (excluding diaryl/α,β-unsaturated/α-hetero) is 1. The topological polar surface area (TPSA) is 102 Å². The number of esters is 2. The Morgan fingerprint density at radius 1 is 1.18 bits per heavy atom. The van der Waals surface area contributed by atoms with Crippen molar-refractivity contribution in [1.29, 1.82) is 0 Å². The van der Waals surface area contributed by atoms with Crippen molar-refractivity contribution >= 4 is 23.6 Å². The molecule has 4 atom stereocenters. The fourth-order valence-corrected chi connectivity index (χ4v) is 5.11. The van der Waals surface area contributed by atoms with E-state index in [0.717, 1.165) is 24.9 Å². The van der Waals surface area contributed by atoms with Gasteiger partial charge in [0.2, 0.25) is 5.91 Å². The molecule has 2 heterocycles. The van der Waals surface area contributed by atoms with E-state index in [-0.39, 0.29) is 24.2 Å². The van der Waals surface area contributed by atoms with Crippen LogP contribution in [0.1, 0.15) is 51.5 Å². The Morgan fingerprint density at radius 3 is 2.52 bits per heavy atom. The van der Waals surface area contributed by atoms with Crippen molar-refractivity contribution in [3.05, 3.63) is 35.9 Å². The van der Waals surface area contributed by atoms with Gasteiger partial charge in [0.25, 0.3) is 0 Å². The zero-order valence-corrected chi connectivity index (χ0v) is 19.7. The highest BCUT2D eigenvalue weighted by molar-refractivity contribution is 5.97. The number of hydrogen-bond donors (Lipinski definition) is 1. The highest BCUT2D eigenvalue weighted by Crippen LogP contribution is 2.37. The van der Waals surface area contributed by atoms with Gasteiger partial charge in [-0.25, -0.2) is 0 Å². The lowest BCUT2D eigenvalue weighted by Gasteiger charge is -2.40. The summed E-state index contributed by atoms with van der Waals surface area (Å²) in [5, 5.41) is 3.25. The van der Waals surface area contributed by atoms with E-state index in [2.05, 4.69) is 5.32 Å². The summed E-state index contributed by atoms with van der Waals surface area (Å²) in [7, 11) is 1.25. The SMILES string of the molecule is COC(=O)C(CC(=O)C1(Cc2ccccc2)CCCN1C(=O)C1CCCN1)C(C)OC(C)=O. The molecule has 0 saturated carbocycles. The first-order valence-corrected chi connectivity index (χ1v) is 11.7. The summed E-state index contributed by atoms with van der Waals surface area (Å²) >= 11 is 0.